The van der Waals surface area contributed by atoms with Crippen molar-refractivity contribution in [3.05, 3.63) is 38.3 Å². The van der Waals surface area contributed by atoms with E-state index in [4.69, 9.17) is 9.47 Å². The molecule has 1 unspecified atom stereocenters. The molecule has 20 heavy (non-hydrogen) atoms. The summed E-state index contributed by atoms with van der Waals surface area (Å²) in [4.78, 5) is 10.3. The first-order chi connectivity index (χ1) is 9.56. The van der Waals surface area contributed by atoms with Gasteiger partial charge in [-0.2, -0.15) is 0 Å². The zero-order valence-electron chi connectivity index (χ0n) is 11.2. The lowest BCUT2D eigenvalue weighted by molar-refractivity contribution is -0.384. The third kappa shape index (κ3) is 3.54. The molecule has 1 aromatic carbocycles. The smallest absolute Gasteiger partial charge is 0.270 e. The summed E-state index contributed by atoms with van der Waals surface area (Å²) in [5.41, 5.74) is 0.798. The molecule has 0 saturated carbocycles. The van der Waals surface area contributed by atoms with Crippen LogP contribution in [0.1, 0.15) is 12.0 Å². The average molecular weight is 345 g/mol. The van der Waals surface area contributed by atoms with Gasteiger partial charge in [-0.05, 0) is 11.6 Å². The summed E-state index contributed by atoms with van der Waals surface area (Å²) in [6.07, 6.45) is 0.873. The van der Waals surface area contributed by atoms with Crippen LogP contribution in [0.25, 0.3) is 0 Å². The number of benzene rings is 1. The maximum Gasteiger partial charge on any atom is 0.270 e. The molecule has 1 atom stereocenters. The Bertz CT molecular complexity index is 489. The number of hydrogen-bond acceptors (Lipinski definition) is 5. The lowest BCUT2D eigenvalue weighted by Crippen LogP contribution is -2.42. The molecular formula is C13H17BrN2O4. The van der Waals surface area contributed by atoms with E-state index < -0.39 is 4.92 Å². The average Bonchev–Trinajstić information content (AvgIpc) is 2.90. The summed E-state index contributed by atoms with van der Waals surface area (Å²) < 4.78 is 11.6. The SMILES string of the molecule is COC1(CNCc2ccc([N+](=O)[O-])cc2Br)CCOC1. The second-order valence-electron chi connectivity index (χ2n) is 4.83. The van der Waals surface area contributed by atoms with E-state index in [0.717, 1.165) is 23.1 Å². The van der Waals surface area contributed by atoms with E-state index in [9.17, 15) is 10.1 Å². The Kier molecular flexibility index (Phi) is 5.09. The zero-order chi connectivity index (χ0) is 14.6. The van der Waals surface area contributed by atoms with Crippen molar-refractivity contribution in [3.8, 4) is 0 Å². The molecule has 1 aromatic rings. The van der Waals surface area contributed by atoms with Crippen molar-refractivity contribution >= 4 is 21.6 Å². The van der Waals surface area contributed by atoms with E-state index in [-0.39, 0.29) is 11.3 Å². The highest BCUT2D eigenvalue weighted by atomic mass is 79.9. The summed E-state index contributed by atoms with van der Waals surface area (Å²) in [7, 11) is 1.69. The number of methoxy groups -OCH3 is 1. The molecule has 1 heterocycles. The fourth-order valence-electron chi connectivity index (χ4n) is 2.18. The predicted molar refractivity (Wildman–Crippen MR) is 77.7 cm³/mol. The molecule has 0 aromatic heterocycles. The standard InChI is InChI=1S/C13H17BrN2O4/c1-19-13(4-5-20-9-13)8-15-7-10-2-3-11(16(17)18)6-12(10)14/h2-3,6,15H,4-5,7-9H2,1H3. The lowest BCUT2D eigenvalue weighted by atomic mass is 10.0. The molecule has 0 aliphatic carbocycles. The molecule has 7 heteroatoms. The maximum absolute atomic E-state index is 10.7. The first-order valence-corrected chi connectivity index (χ1v) is 7.12. The number of halogens is 1. The van der Waals surface area contributed by atoms with Crippen molar-refractivity contribution in [1.82, 2.24) is 5.32 Å². The molecule has 1 aliphatic heterocycles. The third-order valence-corrected chi connectivity index (χ3v) is 4.25. The Morgan fingerprint density at radius 3 is 2.95 bits per heavy atom. The van der Waals surface area contributed by atoms with E-state index >= 15 is 0 Å². The molecule has 0 spiro atoms. The fourth-order valence-corrected chi connectivity index (χ4v) is 2.69. The van der Waals surface area contributed by atoms with Crippen LogP contribution in [0.3, 0.4) is 0 Å². The van der Waals surface area contributed by atoms with Crippen LogP contribution in [0, 0.1) is 10.1 Å². The molecule has 1 N–H and O–H groups in total. The lowest BCUT2D eigenvalue weighted by Gasteiger charge is -2.26. The number of nitro benzene ring substituents is 1. The minimum absolute atomic E-state index is 0.0816. The van der Waals surface area contributed by atoms with Crippen molar-refractivity contribution in [3.63, 3.8) is 0 Å². The summed E-state index contributed by atoms with van der Waals surface area (Å²) in [5, 5.41) is 14.0. The third-order valence-electron chi connectivity index (χ3n) is 3.51. The number of non-ortho nitro benzene ring substituents is 1. The van der Waals surface area contributed by atoms with Gasteiger partial charge in [0.05, 0.1) is 11.5 Å². The summed E-state index contributed by atoms with van der Waals surface area (Å²) in [6.45, 7) is 2.62. The number of nitrogens with one attached hydrogen (secondary N) is 1. The van der Waals surface area contributed by atoms with Gasteiger partial charge < -0.3 is 14.8 Å². The van der Waals surface area contributed by atoms with Crippen molar-refractivity contribution in [1.29, 1.82) is 0 Å². The Balaban J connectivity index is 1.92. The first kappa shape index (κ1) is 15.4. The van der Waals surface area contributed by atoms with Crippen molar-refractivity contribution in [2.45, 2.75) is 18.6 Å². The molecule has 1 saturated heterocycles. The monoisotopic (exact) mass is 344 g/mol. The molecule has 0 amide bonds. The topological polar surface area (TPSA) is 73.6 Å². The van der Waals surface area contributed by atoms with Gasteiger partial charge in [-0.15, -0.1) is 0 Å². The van der Waals surface area contributed by atoms with Gasteiger partial charge in [0.2, 0.25) is 0 Å². The molecule has 0 radical (unpaired) electrons. The van der Waals surface area contributed by atoms with Crippen LogP contribution in [-0.4, -0.2) is 37.4 Å². The van der Waals surface area contributed by atoms with Crippen LogP contribution in [0.4, 0.5) is 5.69 Å². The Labute approximate surface area is 125 Å². The Morgan fingerprint density at radius 2 is 2.40 bits per heavy atom. The van der Waals surface area contributed by atoms with E-state index in [1.54, 1.807) is 13.2 Å². The summed E-state index contributed by atoms with van der Waals surface area (Å²) in [5.74, 6) is 0. The highest BCUT2D eigenvalue weighted by Crippen LogP contribution is 2.24. The quantitative estimate of drug-likeness (QED) is 0.632. The van der Waals surface area contributed by atoms with Crippen LogP contribution in [0.2, 0.25) is 0 Å². The number of hydrogen-bond donors (Lipinski definition) is 1. The van der Waals surface area contributed by atoms with Crippen molar-refractivity contribution < 1.29 is 14.4 Å². The molecule has 6 nitrogen and oxygen atoms in total. The van der Waals surface area contributed by atoms with E-state index in [1.807, 2.05) is 0 Å². The minimum atomic E-state index is -0.405. The number of nitrogens with zero attached hydrogens (tertiary/aromatic N) is 1. The van der Waals surface area contributed by atoms with Gasteiger partial charge in [0.25, 0.3) is 5.69 Å². The van der Waals surface area contributed by atoms with E-state index in [2.05, 4.69) is 21.2 Å². The van der Waals surface area contributed by atoms with Crippen LogP contribution < -0.4 is 5.32 Å². The van der Waals surface area contributed by atoms with Crippen molar-refractivity contribution in [2.75, 3.05) is 26.9 Å². The molecule has 110 valence electrons. The highest BCUT2D eigenvalue weighted by molar-refractivity contribution is 9.10. The predicted octanol–water partition coefficient (Wildman–Crippen LogP) is 2.25. The Morgan fingerprint density at radius 1 is 1.60 bits per heavy atom. The number of ether oxygens (including phenoxy) is 2. The normalized spacial score (nSPS) is 22.1. The van der Waals surface area contributed by atoms with E-state index in [1.165, 1.54) is 12.1 Å². The Hall–Kier alpha value is -1.02. The van der Waals surface area contributed by atoms with Gasteiger partial charge in [0.15, 0.2) is 0 Å². The van der Waals surface area contributed by atoms with Gasteiger partial charge >= 0.3 is 0 Å². The second-order valence-corrected chi connectivity index (χ2v) is 5.68. The molecule has 1 aliphatic rings. The fraction of sp³-hybridized carbons (Fsp3) is 0.538. The summed E-state index contributed by atoms with van der Waals surface area (Å²) in [6, 6.07) is 4.77. The van der Waals surface area contributed by atoms with Crippen LogP contribution >= 0.6 is 15.9 Å². The van der Waals surface area contributed by atoms with Gasteiger partial charge in [0, 0.05) is 49.8 Å². The number of nitro groups is 1. The molecule has 2 rings (SSSR count). The summed E-state index contributed by atoms with van der Waals surface area (Å²) >= 11 is 3.36. The van der Waals surface area contributed by atoms with Gasteiger partial charge in [-0.25, -0.2) is 0 Å². The highest BCUT2D eigenvalue weighted by Gasteiger charge is 2.34. The van der Waals surface area contributed by atoms with Gasteiger partial charge in [0.1, 0.15) is 5.60 Å². The van der Waals surface area contributed by atoms with Crippen LogP contribution in [-0.2, 0) is 16.0 Å². The van der Waals surface area contributed by atoms with Crippen LogP contribution in [0.5, 0.6) is 0 Å². The second kappa shape index (κ2) is 6.62. The van der Waals surface area contributed by atoms with Gasteiger partial charge in [-0.1, -0.05) is 15.9 Å². The van der Waals surface area contributed by atoms with Crippen molar-refractivity contribution in [2.24, 2.45) is 0 Å². The van der Waals surface area contributed by atoms with Crippen LogP contribution in [0.15, 0.2) is 22.7 Å². The first-order valence-electron chi connectivity index (χ1n) is 6.33. The van der Waals surface area contributed by atoms with E-state index in [0.29, 0.717) is 19.7 Å². The zero-order valence-corrected chi connectivity index (χ0v) is 12.8. The maximum atomic E-state index is 10.7. The largest absolute Gasteiger partial charge is 0.378 e. The number of rotatable bonds is 6. The van der Waals surface area contributed by atoms with Gasteiger partial charge in [-0.3, -0.25) is 10.1 Å². The molecule has 0 bridgehead atoms. The molecular weight excluding hydrogens is 328 g/mol. The molecule has 1 fully saturated rings. The minimum Gasteiger partial charge on any atom is -0.378 e.